The fraction of sp³-hybridized carbons (Fsp3) is 0.600. The topological polar surface area (TPSA) is 15.3 Å². The van der Waals surface area contributed by atoms with E-state index in [0.29, 0.717) is 0 Å². The van der Waals surface area contributed by atoms with Crippen LogP contribution in [0.1, 0.15) is 31.2 Å². The minimum Gasteiger partial charge on any atom is -0.372 e. The van der Waals surface area contributed by atoms with Gasteiger partial charge in [0.2, 0.25) is 0 Å². The van der Waals surface area contributed by atoms with Gasteiger partial charge in [0.05, 0.1) is 0 Å². The predicted molar refractivity (Wildman–Crippen MR) is 72.7 cm³/mol. The monoisotopic (exact) mass is 284 g/mol. The summed E-state index contributed by atoms with van der Waals surface area (Å²) >= 11 is 0. The van der Waals surface area contributed by atoms with E-state index in [0.717, 1.165) is 18.7 Å². The molecule has 1 saturated carbocycles. The molecule has 3 rings (SSSR count). The minimum absolute atomic E-state index is 0.197. The smallest absolute Gasteiger partial charge is 0.372 e. The van der Waals surface area contributed by atoms with Gasteiger partial charge in [-0.1, -0.05) is 12.1 Å². The van der Waals surface area contributed by atoms with Gasteiger partial charge in [0.1, 0.15) is 5.54 Å². The highest BCUT2D eigenvalue weighted by Crippen LogP contribution is 2.49. The first-order valence-corrected chi connectivity index (χ1v) is 7.16. The van der Waals surface area contributed by atoms with Crippen LogP contribution < -0.4 is 10.2 Å². The average molecular weight is 284 g/mol. The van der Waals surface area contributed by atoms with Crippen molar-refractivity contribution in [3.05, 3.63) is 29.8 Å². The van der Waals surface area contributed by atoms with Crippen molar-refractivity contribution in [2.45, 2.75) is 43.9 Å². The molecule has 20 heavy (non-hydrogen) atoms. The predicted octanol–water partition coefficient (Wildman–Crippen LogP) is 3.47. The molecule has 1 aliphatic heterocycles. The van der Waals surface area contributed by atoms with Crippen LogP contribution in [0.5, 0.6) is 0 Å². The van der Waals surface area contributed by atoms with E-state index in [-0.39, 0.29) is 19.4 Å². The van der Waals surface area contributed by atoms with Gasteiger partial charge in [-0.2, -0.15) is 13.2 Å². The van der Waals surface area contributed by atoms with E-state index in [2.05, 4.69) is 10.2 Å². The lowest BCUT2D eigenvalue weighted by Gasteiger charge is -2.21. The molecule has 1 aromatic rings. The van der Waals surface area contributed by atoms with E-state index < -0.39 is 11.7 Å². The Morgan fingerprint density at radius 2 is 1.65 bits per heavy atom. The molecule has 0 amide bonds. The molecule has 1 N–H and O–H groups in total. The second-order valence-corrected chi connectivity index (χ2v) is 5.79. The zero-order chi connectivity index (χ0) is 14.2. The van der Waals surface area contributed by atoms with Crippen molar-refractivity contribution in [2.24, 2.45) is 0 Å². The zero-order valence-corrected chi connectivity index (χ0v) is 11.3. The van der Waals surface area contributed by atoms with Crippen LogP contribution in [0.2, 0.25) is 0 Å². The molecule has 1 saturated heterocycles. The van der Waals surface area contributed by atoms with Gasteiger partial charge in [-0.15, -0.1) is 0 Å². The molecule has 1 heterocycles. The molecule has 2 nitrogen and oxygen atoms in total. The maximum atomic E-state index is 12.8. The van der Waals surface area contributed by atoms with Crippen molar-refractivity contribution in [1.29, 1.82) is 0 Å². The van der Waals surface area contributed by atoms with Crippen LogP contribution >= 0.6 is 0 Å². The van der Waals surface area contributed by atoms with Gasteiger partial charge in [-0.3, -0.25) is 5.32 Å². The van der Waals surface area contributed by atoms with Crippen LogP contribution in [0, 0.1) is 0 Å². The summed E-state index contributed by atoms with van der Waals surface area (Å²) in [5.41, 5.74) is 0.451. The van der Waals surface area contributed by atoms with Crippen LogP contribution in [0.25, 0.3) is 0 Å². The van der Waals surface area contributed by atoms with Crippen molar-refractivity contribution in [3.63, 3.8) is 0 Å². The van der Waals surface area contributed by atoms with Crippen molar-refractivity contribution >= 4 is 5.69 Å². The van der Waals surface area contributed by atoms with Crippen LogP contribution in [-0.2, 0) is 6.54 Å². The van der Waals surface area contributed by atoms with Crippen molar-refractivity contribution in [1.82, 2.24) is 5.32 Å². The third kappa shape index (κ3) is 2.64. The summed E-state index contributed by atoms with van der Waals surface area (Å²) in [4.78, 5) is 2.31. The van der Waals surface area contributed by atoms with Crippen molar-refractivity contribution in [2.75, 3.05) is 18.0 Å². The van der Waals surface area contributed by atoms with Gasteiger partial charge < -0.3 is 4.90 Å². The Morgan fingerprint density at radius 3 is 2.15 bits per heavy atom. The van der Waals surface area contributed by atoms with E-state index in [1.54, 1.807) is 0 Å². The van der Waals surface area contributed by atoms with Crippen molar-refractivity contribution in [3.8, 4) is 0 Å². The first-order valence-electron chi connectivity index (χ1n) is 7.16. The van der Waals surface area contributed by atoms with E-state index in [1.807, 2.05) is 24.3 Å². The highest BCUT2D eigenvalue weighted by molar-refractivity contribution is 5.48. The SMILES string of the molecule is FC(F)(F)C1(NCc2ccc(N3CCCC3)cc2)CC1. The quantitative estimate of drug-likeness (QED) is 0.910. The minimum atomic E-state index is -4.14. The Labute approximate surface area is 117 Å². The van der Waals surface area contributed by atoms with Crippen molar-refractivity contribution < 1.29 is 13.2 Å². The molecule has 0 spiro atoms. The summed E-state index contributed by atoms with van der Waals surface area (Å²) < 4.78 is 38.4. The van der Waals surface area contributed by atoms with Gasteiger partial charge in [0, 0.05) is 25.3 Å². The van der Waals surface area contributed by atoms with Crippen LogP contribution in [0.4, 0.5) is 18.9 Å². The first kappa shape index (κ1) is 13.7. The Kier molecular flexibility index (Phi) is 3.40. The van der Waals surface area contributed by atoms with Gasteiger partial charge in [0.25, 0.3) is 0 Å². The van der Waals surface area contributed by atoms with Gasteiger partial charge in [0.15, 0.2) is 0 Å². The van der Waals surface area contributed by atoms with E-state index in [1.165, 1.54) is 18.5 Å². The molecule has 0 aromatic heterocycles. The number of hydrogen-bond acceptors (Lipinski definition) is 2. The van der Waals surface area contributed by atoms with Gasteiger partial charge in [-0.25, -0.2) is 0 Å². The fourth-order valence-electron chi connectivity index (χ4n) is 2.76. The number of rotatable bonds is 4. The Morgan fingerprint density at radius 1 is 1.05 bits per heavy atom. The third-order valence-corrected chi connectivity index (χ3v) is 4.33. The van der Waals surface area contributed by atoms with E-state index in [4.69, 9.17) is 0 Å². The lowest BCUT2D eigenvalue weighted by molar-refractivity contribution is -0.166. The summed E-state index contributed by atoms with van der Waals surface area (Å²) in [5, 5.41) is 2.68. The maximum Gasteiger partial charge on any atom is 0.406 e. The summed E-state index contributed by atoms with van der Waals surface area (Å²) in [6, 6.07) is 7.87. The van der Waals surface area contributed by atoms with Crippen LogP contribution in [-0.4, -0.2) is 24.8 Å². The molecule has 5 heteroatoms. The molecule has 0 atom stereocenters. The second kappa shape index (κ2) is 4.95. The summed E-state index contributed by atoms with van der Waals surface area (Å²) in [7, 11) is 0. The average Bonchev–Trinajstić information content (AvgIpc) is 3.03. The molecule has 1 aromatic carbocycles. The lowest BCUT2D eigenvalue weighted by Crippen LogP contribution is -2.44. The number of nitrogens with zero attached hydrogens (tertiary/aromatic N) is 1. The molecule has 2 aliphatic rings. The lowest BCUT2D eigenvalue weighted by atomic mass is 10.1. The second-order valence-electron chi connectivity index (χ2n) is 5.79. The fourth-order valence-corrected chi connectivity index (χ4v) is 2.76. The number of alkyl halides is 3. The van der Waals surface area contributed by atoms with Gasteiger partial charge >= 0.3 is 6.18 Å². The van der Waals surface area contributed by atoms with Gasteiger partial charge in [-0.05, 0) is 43.4 Å². The number of benzene rings is 1. The van der Waals surface area contributed by atoms with E-state index in [9.17, 15) is 13.2 Å². The van der Waals surface area contributed by atoms with Crippen LogP contribution in [0.3, 0.4) is 0 Å². The molecule has 0 bridgehead atoms. The largest absolute Gasteiger partial charge is 0.406 e. The molecule has 2 fully saturated rings. The highest BCUT2D eigenvalue weighted by Gasteiger charge is 2.62. The molecular formula is C15H19F3N2. The Balaban J connectivity index is 1.59. The third-order valence-electron chi connectivity index (χ3n) is 4.33. The van der Waals surface area contributed by atoms with E-state index >= 15 is 0 Å². The molecule has 110 valence electrons. The Bertz CT molecular complexity index is 457. The summed E-state index contributed by atoms with van der Waals surface area (Å²) in [6.07, 6.45) is -1.30. The molecular weight excluding hydrogens is 265 g/mol. The number of nitrogens with one attached hydrogen (secondary N) is 1. The number of hydrogen-bond donors (Lipinski definition) is 1. The zero-order valence-electron chi connectivity index (χ0n) is 11.3. The summed E-state index contributed by atoms with van der Waals surface area (Å²) in [5.74, 6) is 0. The maximum absolute atomic E-state index is 12.8. The standard InChI is InChI=1S/C15H19F3N2/c16-15(17,18)14(7-8-14)19-11-12-3-5-13(6-4-12)20-9-1-2-10-20/h3-6,19H,1-2,7-11H2. The summed E-state index contributed by atoms with van der Waals surface area (Å²) in [6.45, 7) is 2.43. The molecule has 0 radical (unpaired) electrons. The number of halogens is 3. The highest BCUT2D eigenvalue weighted by atomic mass is 19.4. The van der Waals surface area contributed by atoms with Crippen LogP contribution in [0.15, 0.2) is 24.3 Å². The molecule has 1 aliphatic carbocycles. The Hall–Kier alpha value is -1.23. The normalized spacial score (nSPS) is 21.2. The number of anilines is 1. The first-order chi connectivity index (χ1) is 9.50. The molecule has 0 unspecified atom stereocenters.